The summed E-state index contributed by atoms with van der Waals surface area (Å²) in [5, 5.41) is 5.96. The highest BCUT2D eigenvalue weighted by Crippen LogP contribution is 1.86. The van der Waals surface area contributed by atoms with Gasteiger partial charge in [0.05, 0.1) is 6.54 Å². The fourth-order valence-corrected chi connectivity index (χ4v) is 1.08. The van der Waals surface area contributed by atoms with Crippen molar-refractivity contribution in [3.63, 3.8) is 0 Å². The quantitative estimate of drug-likeness (QED) is 0.725. The predicted molar refractivity (Wildman–Crippen MR) is 73.8 cm³/mol. The lowest BCUT2D eigenvalue weighted by atomic mass is 10.3. The van der Waals surface area contributed by atoms with Gasteiger partial charge in [-0.25, -0.2) is 0 Å². The Labute approximate surface area is 111 Å². The molecule has 0 heterocycles. The smallest absolute Gasteiger partial charge is 0.234 e. The molecule has 0 aliphatic heterocycles. The van der Waals surface area contributed by atoms with Gasteiger partial charge in [-0.15, -0.1) is 24.8 Å². The van der Waals surface area contributed by atoms with E-state index in [0.717, 1.165) is 13.1 Å². The van der Waals surface area contributed by atoms with E-state index in [1.165, 1.54) is 0 Å². The van der Waals surface area contributed by atoms with Crippen molar-refractivity contribution in [2.45, 2.75) is 26.8 Å². The van der Waals surface area contributed by atoms with Gasteiger partial charge < -0.3 is 10.6 Å². The van der Waals surface area contributed by atoms with Crippen LogP contribution in [-0.4, -0.2) is 50.1 Å². The lowest BCUT2D eigenvalue weighted by Crippen LogP contribution is -2.42. The van der Waals surface area contributed by atoms with Crippen molar-refractivity contribution in [2.24, 2.45) is 0 Å². The van der Waals surface area contributed by atoms with E-state index in [1.807, 2.05) is 14.0 Å². The van der Waals surface area contributed by atoms with Crippen LogP contribution in [-0.2, 0) is 4.79 Å². The van der Waals surface area contributed by atoms with E-state index in [0.29, 0.717) is 19.1 Å². The molecule has 0 fully saturated rings. The zero-order valence-electron chi connectivity index (χ0n) is 10.6. The second-order valence-electron chi connectivity index (χ2n) is 3.46. The molecule has 2 N–H and O–H groups in total. The molecule has 0 saturated carbocycles. The van der Waals surface area contributed by atoms with Crippen LogP contribution in [0.15, 0.2) is 0 Å². The van der Waals surface area contributed by atoms with E-state index >= 15 is 0 Å². The molecule has 0 aromatic carbocycles. The van der Waals surface area contributed by atoms with E-state index in [1.54, 1.807) is 0 Å². The number of carbonyl (C=O) groups is 1. The van der Waals surface area contributed by atoms with Gasteiger partial charge in [0.15, 0.2) is 0 Å². The first-order chi connectivity index (χ1) is 6.63. The van der Waals surface area contributed by atoms with Gasteiger partial charge in [-0.05, 0) is 27.1 Å². The molecule has 0 radical (unpaired) electrons. The van der Waals surface area contributed by atoms with Crippen molar-refractivity contribution in [2.75, 3.05) is 33.2 Å². The van der Waals surface area contributed by atoms with Gasteiger partial charge in [0.1, 0.15) is 0 Å². The molecule has 1 atom stereocenters. The second kappa shape index (κ2) is 13.0. The Hall–Kier alpha value is -0.0300. The number of nitrogens with zero attached hydrogens (tertiary/aromatic N) is 1. The van der Waals surface area contributed by atoms with Gasteiger partial charge in [0.25, 0.3) is 0 Å². The van der Waals surface area contributed by atoms with E-state index in [2.05, 4.69) is 29.4 Å². The van der Waals surface area contributed by atoms with Crippen molar-refractivity contribution in [1.82, 2.24) is 15.5 Å². The van der Waals surface area contributed by atoms with Crippen molar-refractivity contribution < 1.29 is 4.79 Å². The molecule has 0 aromatic heterocycles. The molecule has 16 heavy (non-hydrogen) atoms. The lowest BCUT2D eigenvalue weighted by Gasteiger charge is -2.18. The normalized spacial score (nSPS) is 11.3. The van der Waals surface area contributed by atoms with E-state index in [-0.39, 0.29) is 30.7 Å². The second-order valence-corrected chi connectivity index (χ2v) is 3.46. The van der Waals surface area contributed by atoms with Crippen LogP contribution < -0.4 is 10.6 Å². The maximum atomic E-state index is 11.4. The van der Waals surface area contributed by atoms with Crippen LogP contribution in [0.4, 0.5) is 0 Å². The number of hydrogen-bond donors (Lipinski definition) is 2. The Balaban J connectivity index is -0.000000845. The Bertz CT molecular complexity index is 166. The molecule has 0 spiro atoms. The van der Waals surface area contributed by atoms with Gasteiger partial charge >= 0.3 is 0 Å². The third-order valence-electron chi connectivity index (χ3n) is 2.36. The Morgan fingerprint density at radius 1 is 1.25 bits per heavy atom. The highest BCUT2D eigenvalue weighted by Gasteiger charge is 2.07. The van der Waals surface area contributed by atoms with Crippen LogP contribution in [0.3, 0.4) is 0 Å². The first-order valence-electron chi connectivity index (χ1n) is 5.30. The maximum absolute atomic E-state index is 11.4. The predicted octanol–water partition coefficient (Wildman–Crippen LogP) is 0.896. The molecule has 0 aromatic rings. The molecule has 1 unspecified atom stereocenters. The van der Waals surface area contributed by atoms with Crippen LogP contribution >= 0.6 is 24.8 Å². The zero-order valence-corrected chi connectivity index (χ0v) is 12.2. The summed E-state index contributed by atoms with van der Waals surface area (Å²) in [4.78, 5) is 13.5. The number of hydrogen-bond acceptors (Lipinski definition) is 3. The Morgan fingerprint density at radius 2 is 1.75 bits per heavy atom. The molecule has 0 aliphatic carbocycles. The molecule has 6 heteroatoms. The molecule has 0 rings (SSSR count). The lowest BCUT2D eigenvalue weighted by molar-refractivity contribution is -0.122. The van der Waals surface area contributed by atoms with Crippen LogP contribution in [0.1, 0.15) is 20.8 Å². The third kappa shape index (κ3) is 10.5. The monoisotopic (exact) mass is 273 g/mol. The van der Waals surface area contributed by atoms with E-state index in [9.17, 15) is 4.79 Å². The zero-order chi connectivity index (χ0) is 11.0. The van der Waals surface area contributed by atoms with Crippen molar-refractivity contribution >= 4 is 30.7 Å². The first-order valence-corrected chi connectivity index (χ1v) is 5.30. The molecule has 0 aliphatic rings. The van der Waals surface area contributed by atoms with E-state index < -0.39 is 0 Å². The number of amides is 1. The van der Waals surface area contributed by atoms with Gasteiger partial charge in [0, 0.05) is 12.6 Å². The fraction of sp³-hybridized carbons (Fsp3) is 0.900. The summed E-state index contributed by atoms with van der Waals surface area (Å²) in [5.41, 5.74) is 0. The average molecular weight is 274 g/mol. The van der Waals surface area contributed by atoms with Crippen LogP contribution in [0.25, 0.3) is 0 Å². The summed E-state index contributed by atoms with van der Waals surface area (Å²) in [6.45, 7) is 9.20. The molecule has 4 nitrogen and oxygen atoms in total. The molecule has 0 saturated heterocycles. The standard InChI is InChI=1S/C10H23N3O.2ClH/c1-5-13(6-2)8-10(14)12-7-9(3)11-4;;/h9,11H,5-8H2,1-4H3,(H,12,14);2*1H. The molecule has 1 amide bonds. The largest absolute Gasteiger partial charge is 0.353 e. The fourth-order valence-electron chi connectivity index (χ4n) is 1.08. The summed E-state index contributed by atoms with van der Waals surface area (Å²) >= 11 is 0. The topological polar surface area (TPSA) is 44.4 Å². The highest BCUT2D eigenvalue weighted by atomic mass is 35.5. The highest BCUT2D eigenvalue weighted by molar-refractivity contribution is 5.85. The number of nitrogens with one attached hydrogen (secondary N) is 2. The SMILES string of the molecule is CCN(CC)CC(=O)NCC(C)NC.Cl.Cl. The van der Waals surface area contributed by atoms with Gasteiger partial charge in [-0.1, -0.05) is 13.8 Å². The average Bonchev–Trinajstić information content (AvgIpc) is 2.22. The van der Waals surface area contributed by atoms with Crippen LogP contribution in [0, 0.1) is 0 Å². The van der Waals surface area contributed by atoms with E-state index in [4.69, 9.17) is 0 Å². The summed E-state index contributed by atoms with van der Waals surface area (Å²) in [6.07, 6.45) is 0. The molecule has 0 bridgehead atoms. The minimum Gasteiger partial charge on any atom is -0.353 e. The number of likely N-dealkylation sites (N-methyl/N-ethyl adjacent to an activating group) is 2. The number of carbonyl (C=O) groups excluding carboxylic acids is 1. The summed E-state index contributed by atoms with van der Waals surface area (Å²) in [6, 6.07) is 0.329. The summed E-state index contributed by atoms with van der Waals surface area (Å²) in [5.74, 6) is 0.107. The van der Waals surface area contributed by atoms with Crippen molar-refractivity contribution in [1.29, 1.82) is 0 Å². The van der Waals surface area contributed by atoms with Gasteiger partial charge in [0.2, 0.25) is 5.91 Å². The first kappa shape index (κ1) is 21.3. The summed E-state index contributed by atoms with van der Waals surface area (Å²) in [7, 11) is 1.89. The summed E-state index contributed by atoms with van der Waals surface area (Å²) < 4.78 is 0. The molecule has 100 valence electrons. The molecular weight excluding hydrogens is 249 g/mol. The minimum absolute atomic E-state index is 0. The maximum Gasteiger partial charge on any atom is 0.234 e. The van der Waals surface area contributed by atoms with Gasteiger partial charge in [-0.2, -0.15) is 0 Å². The Kier molecular flexibility index (Phi) is 17.3. The number of rotatable bonds is 7. The van der Waals surface area contributed by atoms with Crippen molar-refractivity contribution in [3.05, 3.63) is 0 Å². The van der Waals surface area contributed by atoms with Crippen molar-refractivity contribution in [3.8, 4) is 0 Å². The number of halogens is 2. The van der Waals surface area contributed by atoms with Crippen LogP contribution in [0.5, 0.6) is 0 Å². The van der Waals surface area contributed by atoms with Crippen LogP contribution in [0.2, 0.25) is 0 Å². The minimum atomic E-state index is 0. The third-order valence-corrected chi connectivity index (χ3v) is 2.36. The van der Waals surface area contributed by atoms with Gasteiger partial charge in [-0.3, -0.25) is 9.69 Å². The molecular formula is C10H25Cl2N3O. The Morgan fingerprint density at radius 3 is 2.12 bits per heavy atom.